The van der Waals surface area contributed by atoms with Crippen molar-refractivity contribution in [2.75, 3.05) is 32.8 Å². The predicted molar refractivity (Wildman–Crippen MR) is 45.8 cm³/mol. The number of carbonyl (C=O) groups excluding carboxylic acids is 1. The van der Waals surface area contributed by atoms with Crippen LogP contribution in [0.15, 0.2) is 0 Å². The van der Waals surface area contributed by atoms with Gasteiger partial charge in [0.2, 0.25) is 0 Å². The first-order valence-electron chi connectivity index (χ1n) is 4.17. The van der Waals surface area contributed by atoms with Crippen LogP contribution in [0.5, 0.6) is 0 Å². The highest BCUT2D eigenvalue weighted by atomic mass is 16.5. The van der Waals surface area contributed by atoms with Gasteiger partial charge in [0.1, 0.15) is 6.61 Å². The molecule has 0 atom stereocenters. The maximum absolute atomic E-state index is 10.4. The minimum atomic E-state index is -0.255. The van der Waals surface area contributed by atoms with Gasteiger partial charge in [-0.2, -0.15) is 0 Å². The fourth-order valence-corrected chi connectivity index (χ4v) is 0.888. The second kappa shape index (κ2) is 7.06. The van der Waals surface area contributed by atoms with Crippen LogP contribution >= 0.6 is 0 Å². The molecule has 0 amide bonds. The Hall–Kier alpha value is -0.610. The minimum absolute atomic E-state index is 0.147. The zero-order valence-electron chi connectivity index (χ0n) is 7.75. The highest BCUT2D eigenvalue weighted by Gasteiger charge is 2.01. The summed E-state index contributed by atoms with van der Waals surface area (Å²) in [5.41, 5.74) is 0. The molecule has 0 rings (SSSR count). The van der Waals surface area contributed by atoms with Crippen molar-refractivity contribution in [1.29, 1.82) is 0 Å². The summed E-state index contributed by atoms with van der Waals surface area (Å²) in [6.45, 7) is 6.14. The first-order chi connectivity index (χ1) is 5.70. The molecule has 4 nitrogen and oxygen atoms in total. The number of hydrogen-bond acceptors (Lipinski definition) is 4. The van der Waals surface area contributed by atoms with Crippen LogP contribution in [0.2, 0.25) is 0 Å². The summed E-state index contributed by atoms with van der Waals surface area (Å²) in [5.74, 6) is -0.255. The molecule has 0 heterocycles. The lowest BCUT2D eigenvalue weighted by molar-refractivity contribution is -0.141. The summed E-state index contributed by atoms with van der Waals surface area (Å²) in [7, 11) is 0. The second-order valence-electron chi connectivity index (χ2n) is 2.50. The molecule has 0 bridgehead atoms. The Bertz CT molecular complexity index is 127. The highest BCUT2D eigenvalue weighted by molar-refractivity contribution is 5.65. The monoisotopic (exact) mass is 175 g/mol. The van der Waals surface area contributed by atoms with Crippen molar-refractivity contribution >= 4 is 5.97 Å². The zero-order valence-corrected chi connectivity index (χ0v) is 7.75. The third-order valence-corrected chi connectivity index (χ3v) is 1.58. The van der Waals surface area contributed by atoms with Crippen molar-refractivity contribution in [3.63, 3.8) is 0 Å². The van der Waals surface area contributed by atoms with Crippen LogP contribution in [0.4, 0.5) is 0 Å². The van der Waals surface area contributed by atoms with Crippen molar-refractivity contribution in [3.8, 4) is 0 Å². The topological polar surface area (TPSA) is 49.8 Å². The predicted octanol–water partition coefficient (Wildman–Crippen LogP) is -0.136. The van der Waals surface area contributed by atoms with Gasteiger partial charge in [-0.05, 0) is 6.54 Å². The summed E-state index contributed by atoms with van der Waals surface area (Å²) in [6.07, 6.45) is 0. The molecule has 0 aromatic heterocycles. The van der Waals surface area contributed by atoms with E-state index >= 15 is 0 Å². The van der Waals surface area contributed by atoms with Gasteiger partial charge < -0.3 is 9.84 Å². The number of ether oxygens (including phenoxy) is 1. The molecule has 12 heavy (non-hydrogen) atoms. The second-order valence-corrected chi connectivity index (χ2v) is 2.50. The van der Waals surface area contributed by atoms with Crippen LogP contribution in [0.1, 0.15) is 13.8 Å². The van der Waals surface area contributed by atoms with Crippen LogP contribution in [-0.2, 0) is 9.53 Å². The van der Waals surface area contributed by atoms with E-state index in [1.165, 1.54) is 6.92 Å². The molecule has 0 aromatic rings. The number of aliphatic hydroxyl groups is 1. The van der Waals surface area contributed by atoms with Crippen molar-refractivity contribution in [3.05, 3.63) is 0 Å². The molecule has 0 aliphatic carbocycles. The number of esters is 1. The molecule has 1 N–H and O–H groups in total. The van der Waals surface area contributed by atoms with E-state index < -0.39 is 0 Å². The van der Waals surface area contributed by atoms with E-state index in [4.69, 9.17) is 9.84 Å². The Morgan fingerprint density at radius 3 is 2.58 bits per heavy atom. The molecule has 0 aromatic carbocycles. The molecule has 0 aliphatic heterocycles. The SMILES string of the molecule is CCN(CCO)CCOC(C)=O. The quantitative estimate of drug-likeness (QED) is 0.571. The number of rotatable bonds is 6. The standard InChI is InChI=1S/C8H17NO3/c1-3-9(4-6-10)5-7-12-8(2)11/h10H,3-7H2,1-2H3. The Balaban J connectivity index is 3.37. The fourth-order valence-electron chi connectivity index (χ4n) is 0.888. The van der Waals surface area contributed by atoms with Gasteiger partial charge in [-0.3, -0.25) is 9.69 Å². The number of likely N-dealkylation sites (N-methyl/N-ethyl adjacent to an activating group) is 1. The van der Waals surface area contributed by atoms with Crippen LogP contribution < -0.4 is 0 Å². The first kappa shape index (κ1) is 11.4. The van der Waals surface area contributed by atoms with E-state index in [1.807, 2.05) is 11.8 Å². The Morgan fingerprint density at radius 1 is 1.50 bits per heavy atom. The third kappa shape index (κ3) is 6.12. The largest absolute Gasteiger partial charge is 0.465 e. The molecule has 0 saturated heterocycles. The highest BCUT2D eigenvalue weighted by Crippen LogP contribution is 1.87. The molecule has 0 saturated carbocycles. The average Bonchev–Trinajstić information content (AvgIpc) is 2.02. The molecular weight excluding hydrogens is 158 g/mol. The van der Waals surface area contributed by atoms with Crippen molar-refractivity contribution < 1.29 is 14.6 Å². The van der Waals surface area contributed by atoms with Gasteiger partial charge >= 0.3 is 5.97 Å². The average molecular weight is 175 g/mol. The van der Waals surface area contributed by atoms with Gasteiger partial charge in [-0.25, -0.2) is 0 Å². The zero-order chi connectivity index (χ0) is 9.40. The van der Waals surface area contributed by atoms with Crippen LogP contribution in [0.25, 0.3) is 0 Å². The normalized spacial score (nSPS) is 10.3. The summed E-state index contributed by atoms with van der Waals surface area (Å²) in [5, 5.41) is 8.63. The van der Waals surface area contributed by atoms with E-state index in [0.29, 0.717) is 19.7 Å². The van der Waals surface area contributed by atoms with E-state index in [0.717, 1.165) is 6.54 Å². The molecule has 0 aliphatic rings. The van der Waals surface area contributed by atoms with Crippen molar-refractivity contribution in [2.24, 2.45) is 0 Å². The lowest BCUT2D eigenvalue weighted by atomic mass is 10.5. The van der Waals surface area contributed by atoms with E-state index in [1.54, 1.807) is 0 Å². The molecular formula is C8H17NO3. The van der Waals surface area contributed by atoms with Gasteiger partial charge in [0.05, 0.1) is 6.61 Å². The Kier molecular flexibility index (Phi) is 6.70. The lowest BCUT2D eigenvalue weighted by Gasteiger charge is -2.18. The summed E-state index contributed by atoms with van der Waals surface area (Å²) in [6, 6.07) is 0. The van der Waals surface area contributed by atoms with Crippen LogP contribution in [-0.4, -0.2) is 48.8 Å². The minimum Gasteiger partial charge on any atom is -0.465 e. The number of hydrogen-bond donors (Lipinski definition) is 1. The van der Waals surface area contributed by atoms with E-state index in [-0.39, 0.29) is 12.6 Å². The Morgan fingerprint density at radius 2 is 2.17 bits per heavy atom. The molecule has 0 unspecified atom stereocenters. The van der Waals surface area contributed by atoms with Crippen LogP contribution in [0.3, 0.4) is 0 Å². The molecule has 0 fully saturated rings. The van der Waals surface area contributed by atoms with Crippen molar-refractivity contribution in [1.82, 2.24) is 4.90 Å². The maximum atomic E-state index is 10.4. The van der Waals surface area contributed by atoms with Crippen LogP contribution in [0, 0.1) is 0 Å². The van der Waals surface area contributed by atoms with Gasteiger partial charge in [-0.1, -0.05) is 6.92 Å². The van der Waals surface area contributed by atoms with Gasteiger partial charge in [-0.15, -0.1) is 0 Å². The third-order valence-electron chi connectivity index (χ3n) is 1.58. The van der Waals surface area contributed by atoms with E-state index in [9.17, 15) is 4.79 Å². The van der Waals surface area contributed by atoms with Crippen molar-refractivity contribution in [2.45, 2.75) is 13.8 Å². The number of aliphatic hydroxyl groups excluding tert-OH is 1. The molecule has 4 heteroatoms. The van der Waals surface area contributed by atoms with Gasteiger partial charge in [0.25, 0.3) is 0 Å². The number of carbonyl (C=O) groups is 1. The van der Waals surface area contributed by atoms with Gasteiger partial charge in [0.15, 0.2) is 0 Å². The van der Waals surface area contributed by atoms with E-state index in [2.05, 4.69) is 0 Å². The fraction of sp³-hybridized carbons (Fsp3) is 0.875. The lowest BCUT2D eigenvalue weighted by Crippen LogP contribution is -2.30. The summed E-state index contributed by atoms with van der Waals surface area (Å²) < 4.78 is 4.76. The molecule has 72 valence electrons. The molecule has 0 radical (unpaired) electrons. The summed E-state index contributed by atoms with van der Waals surface area (Å²) in [4.78, 5) is 12.4. The first-order valence-corrected chi connectivity index (χ1v) is 4.17. The maximum Gasteiger partial charge on any atom is 0.302 e. The summed E-state index contributed by atoms with van der Waals surface area (Å²) >= 11 is 0. The van der Waals surface area contributed by atoms with Gasteiger partial charge in [0, 0.05) is 20.0 Å². The Labute approximate surface area is 73.1 Å². The smallest absolute Gasteiger partial charge is 0.302 e. The molecule has 0 spiro atoms. The number of nitrogens with zero attached hydrogens (tertiary/aromatic N) is 1.